The average molecular weight is 605 g/mol. The van der Waals surface area contributed by atoms with Crippen LogP contribution in [-0.2, 0) is 9.57 Å². The third-order valence-corrected chi connectivity index (χ3v) is 9.99. The number of aliphatic hydroxyl groups is 1. The van der Waals surface area contributed by atoms with Gasteiger partial charge in [-0.3, -0.25) is 4.90 Å². The first-order valence-corrected chi connectivity index (χ1v) is 16.1. The van der Waals surface area contributed by atoms with E-state index in [4.69, 9.17) is 14.6 Å². The predicted molar refractivity (Wildman–Crippen MR) is 167 cm³/mol. The van der Waals surface area contributed by atoms with Gasteiger partial charge >= 0.3 is 12.2 Å². The molecule has 5 fully saturated rings. The first-order valence-electron chi connectivity index (χ1n) is 16.1. The van der Waals surface area contributed by atoms with E-state index < -0.39 is 17.4 Å². The highest BCUT2D eigenvalue weighted by Crippen LogP contribution is 2.55. The molecule has 0 radical (unpaired) electrons. The van der Waals surface area contributed by atoms with Gasteiger partial charge < -0.3 is 29.8 Å². The van der Waals surface area contributed by atoms with Crippen molar-refractivity contribution in [3.05, 3.63) is 42.6 Å². The van der Waals surface area contributed by atoms with Gasteiger partial charge in [-0.1, -0.05) is 12.1 Å². The number of hydroxylamine groups is 2. The summed E-state index contributed by atoms with van der Waals surface area (Å²) in [4.78, 5) is 42.2. The molecule has 2 aliphatic heterocycles. The van der Waals surface area contributed by atoms with Crippen LogP contribution in [0.5, 0.6) is 0 Å². The second-order valence-corrected chi connectivity index (χ2v) is 14.3. The molecule has 236 valence electrons. The molecule has 1 aromatic carbocycles. The minimum absolute atomic E-state index is 0.0420. The Balaban J connectivity index is 0.983. The van der Waals surface area contributed by atoms with Crippen molar-refractivity contribution in [2.75, 3.05) is 54.0 Å². The molecule has 4 aliphatic carbocycles. The van der Waals surface area contributed by atoms with Crippen molar-refractivity contribution in [1.82, 2.24) is 15.4 Å². The van der Waals surface area contributed by atoms with Crippen molar-refractivity contribution in [1.29, 1.82) is 0 Å². The molecule has 3 heterocycles. The van der Waals surface area contributed by atoms with Crippen molar-refractivity contribution in [3.8, 4) is 0 Å². The van der Waals surface area contributed by atoms with E-state index in [-0.39, 0.29) is 12.1 Å². The molecule has 6 aliphatic rings. The molecule has 4 saturated carbocycles. The van der Waals surface area contributed by atoms with E-state index in [1.807, 2.05) is 62.2 Å². The molecule has 44 heavy (non-hydrogen) atoms. The number of benzene rings is 1. The fourth-order valence-corrected chi connectivity index (χ4v) is 8.38. The summed E-state index contributed by atoms with van der Waals surface area (Å²) in [5, 5.41) is 16.0. The Bertz CT molecular complexity index is 1370. The highest BCUT2D eigenvalue weighted by molar-refractivity contribution is 5.98. The molecule has 5 atom stereocenters. The molecule has 11 heteroatoms. The SMILES string of the molecule is CC(C)(C)OC(=O)ON1CCN(c2ccc(N3CCN(C(=O)NC4[C@@H]5CC6C[C@H]4CC(O)(C6)C5)c4ccccc43)nc2)CC1. The third-order valence-electron chi connectivity index (χ3n) is 9.99. The van der Waals surface area contributed by atoms with Crippen LogP contribution in [0.4, 0.5) is 32.5 Å². The maximum atomic E-state index is 13.7. The predicted octanol–water partition coefficient (Wildman–Crippen LogP) is 4.68. The number of para-hydroxylation sites is 2. The summed E-state index contributed by atoms with van der Waals surface area (Å²) in [7, 11) is 0. The lowest BCUT2D eigenvalue weighted by atomic mass is 9.52. The van der Waals surface area contributed by atoms with E-state index in [9.17, 15) is 14.7 Å². The van der Waals surface area contributed by atoms with Gasteiger partial charge in [0.15, 0.2) is 0 Å². The average Bonchev–Trinajstić information content (AvgIpc) is 2.97. The van der Waals surface area contributed by atoms with Crippen molar-refractivity contribution < 1.29 is 24.3 Å². The number of pyridine rings is 1. The molecule has 0 spiro atoms. The second-order valence-electron chi connectivity index (χ2n) is 14.3. The molecule has 1 aromatic heterocycles. The zero-order chi connectivity index (χ0) is 30.6. The van der Waals surface area contributed by atoms with Gasteiger partial charge in [-0.2, -0.15) is 0 Å². The van der Waals surface area contributed by atoms with Crippen LogP contribution >= 0.6 is 0 Å². The summed E-state index contributed by atoms with van der Waals surface area (Å²) in [6.07, 6.45) is 6.01. The Morgan fingerprint density at radius 3 is 2.27 bits per heavy atom. The van der Waals surface area contributed by atoms with Crippen LogP contribution in [-0.4, -0.2) is 83.9 Å². The third kappa shape index (κ3) is 5.79. The number of aromatic nitrogens is 1. The number of piperazine rings is 1. The number of amides is 2. The van der Waals surface area contributed by atoms with Gasteiger partial charge in [0, 0.05) is 32.2 Å². The second kappa shape index (κ2) is 11.1. The fraction of sp³-hybridized carbons (Fsp3) is 0.606. The maximum Gasteiger partial charge on any atom is 0.528 e. The number of anilines is 4. The van der Waals surface area contributed by atoms with Crippen molar-refractivity contribution >= 4 is 35.1 Å². The van der Waals surface area contributed by atoms with Gasteiger partial charge in [0.1, 0.15) is 11.4 Å². The Kier molecular flexibility index (Phi) is 7.36. The normalized spacial score (nSPS) is 29.8. The highest BCUT2D eigenvalue weighted by atomic mass is 16.8. The lowest BCUT2D eigenvalue weighted by Crippen LogP contribution is -2.63. The minimum atomic E-state index is -0.678. The number of carbonyl (C=O) groups is 2. The minimum Gasteiger partial charge on any atom is -0.427 e. The van der Waals surface area contributed by atoms with Crippen LogP contribution in [0, 0.1) is 17.8 Å². The molecule has 2 amide bonds. The summed E-state index contributed by atoms with van der Waals surface area (Å²) in [5.41, 5.74) is 1.75. The standard InChI is InChI=1S/C33H44N6O5/c1-32(2,3)43-31(41)44-37-12-10-36(11-13-37)25-8-9-28(34-21-25)38-14-15-39(27-7-5-4-6-26(27)38)30(40)35-29-23-16-22-17-24(29)20-33(42,18-22)19-23/h4-9,21-24,29,42H,10-20H2,1-3H3,(H,35,40)/t22?,23-,24+,29?,33?. The number of hydrogen-bond donors (Lipinski definition) is 2. The Labute approximate surface area is 259 Å². The smallest absolute Gasteiger partial charge is 0.427 e. The lowest BCUT2D eigenvalue weighted by Gasteiger charge is -2.58. The summed E-state index contributed by atoms with van der Waals surface area (Å²) in [6, 6.07) is 12.2. The molecule has 11 nitrogen and oxygen atoms in total. The summed E-state index contributed by atoms with van der Waals surface area (Å²) in [5.74, 6) is 2.18. The van der Waals surface area contributed by atoms with Crippen molar-refractivity contribution in [2.45, 2.75) is 70.1 Å². The monoisotopic (exact) mass is 604 g/mol. The molecule has 3 unspecified atom stereocenters. The zero-order valence-electron chi connectivity index (χ0n) is 25.9. The number of nitrogens with one attached hydrogen (secondary N) is 1. The highest BCUT2D eigenvalue weighted by Gasteiger charge is 2.55. The molecule has 8 rings (SSSR count). The lowest BCUT2D eigenvalue weighted by molar-refractivity contribution is -0.144. The van der Waals surface area contributed by atoms with E-state index in [0.29, 0.717) is 57.0 Å². The molecule has 1 saturated heterocycles. The van der Waals surface area contributed by atoms with Crippen molar-refractivity contribution in [2.24, 2.45) is 17.8 Å². The van der Waals surface area contributed by atoms with Gasteiger partial charge in [-0.05, 0) is 94.9 Å². The first kappa shape index (κ1) is 29.2. The molecule has 2 aromatic rings. The van der Waals surface area contributed by atoms with E-state index in [0.717, 1.165) is 55.0 Å². The van der Waals surface area contributed by atoms with Crippen LogP contribution in [0.2, 0.25) is 0 Å². The fourth-order valence-electron chi connectivity index (χ4n) is 8.38. The van der Waals surface area contributed by atoms with Crippen LogP contribution < -0.4 is 20.0 Å². The summed E-state index contributed by atoms with van der Waals surface area (Å²) in [6.45, 7) is 9.17. The van der Waals surface area contributed by atoms with Crippen LogP contribution in [0.15, 0.2) is 42.6 Å². The van der Waals surface area contributed by atoms with Crippen LogP contribution in [0.25, 0.3) is 0 Å². The Morgan fingerprint density at radius 1 is 0.932 bits per heavy atom. The van der Waals surface area contributed by atoms with Gasteiger partial charge in [0.25, 0.3) is 0 Å². The molecular weight excluding hydrogens is 560 g/mol. The number of ether oxygens (including phenoxy) is 1. The van der Waals surface area contributed by atoms with Gasteiger partial charge in [0.2, 0.25) is 0 Å². The van der Waals surface area contributed by atoms with E-state index in [1.165, 1.54) is 0 Å². The number of urea groups is 1. The molecule has 2 N–H and O–H groups in total. The van der Waals surface area contributed by atoms with E-state index in [2.05, 4.69) is 21.2 Å². The maximum absolute atomic E-state index is 13.7. The topological polar surface area (TPSA) is 111 Å². The van der Waals surface area contributed by atoms with E-state index in [1.54, 1.807) is 5.06 Å². The number of hydrogen-bond acceptors (Lipinski definition) is 9. The zero-order valence-corrected chi connectivity index (χ0v) is 25.9. The largest absolute Gasteiger partial charge is 0.528 e. The number of fused-ring (bicyclic) bond motifs is 1. The summed E-state index contributed by atoms with van der Waals surface area (Å²) >= 11 is 0. The number of carbonyl (C=O) groups excluding carboxylic acids is 2. The first-order chi connectivity index (χ1) is 21.0. The van der Waals surface area contributed by atoms with E-state index >= 15 is 0 Å². The van der Waals surface area contributed by atoms with Crippen LogP contribution in [0.3, 0.4) is 0 Å². The molecular formula is C33H44N6O5. The number of rotatable bonds is 4. The van der Waals surface area contributed by atoms with Gasteiger partial charge in [-0.25, -0.2) is 14.6 Å². The quantitative estimate of drug-likeness (QED) is 0.481. The van der Waals surface area contributed by atoms with Crippen molar-refractivity contribution in [3.63, 3.8) is 0 Å². The molecule has 4 bridgehead atoms. The van der Waals surface area contributed by atoms with Gasteiger partial charge in [0.05, 0.1) is 41.9 Å². The van der Waals surface area contributed by atoms with Gasteiger partial charge in [-0.15, -0.1) is 5.06 Å². The van der Waals surface area contributed by atoms with Crippen LogP contribution in [0.1, 0.15) is 52.9 Å². The number of nitrogens with zero attached hydrogens (tertiary/aromatic N) is 5. The Hall–Kier alpha value is -3.57. The summed E-state index contributed by atoms with van der Waals surface area (Å²) < 4.78 is 5.26. The Morgan fingerprint density at radius 2 is 1.64 bits per heavy atom.